The number of carbonyl (C=O) groups excluding carboxylic acids is 1. The Morgan fingerprint density at radius 2 is 2.05 bits per heavy atom. The fraction of sp³-hybridized carbons (Fsp3) is 0.385. The minimum absolute atomic E-state index is 0.176. The fourth-order valence-corrected chi connectivity index (χ4v) is 2.25. The number of nitriles is 1. The molecule has 0 saturated carbocycles. The van der Waals surface area contributed by atoms with Gasteiger partial charge in [-0.1, -0.05) is 30.1 Å². The summed E-state index contributed by atoms with van der Waals surface area (Å²) in [6, 6.07) is 5.10. The van der Waals surface area contributed by atoms with Crippen LogP contribution >= 0.6 is 23.2 Å². The van der Waals surface area contributed by atoms with Gasteiger partial charge in [0, 0.05) is 18.7 Å². The highest BCUT2D eigenvalue weighted by molar-refractivity contribution is 6.40. The van der Waals surface area contributed by atoms with Gasteiger partial charge in [-0.2, -0.15) is 5.26 Å². The molecular formula is C13H16Cl2N4O. The van der Waals surface area contributed by atoms with Gasteiger partial charge in [0.1, 0.15) is 0 Å². The molecule has 0 aliphatic rings. The summed E-state index contributed by atoms with van der Waals surface area (Å²) in [6.07, 6.45) is 0.379. The fourth-order valence-electron chi connectivity index (χ4n) is 1.65. The van der Waals surface area contributed by atoms with Crippen molar-refractivity contribution in [3.8, 4) is 6.07 Å². The molecule has 1 rings (SSSR count). The zero-order valence-electron chi connectivity index (χ0n) is 11.1. The van der Waals surface area contributed by atoms with Gasteiger partial charge in [0.25, 0.3) is 0 Å². The van der Waals surface area contributed by atoms with Crippen molar-refractivity contribution in [2.24, 2.45) is 0 Å². The first-order chi connectivity index (χ1) is 9.47. The molecule has 0 bridgehead atoms. The lowest BCUT2D eigenvalue weighted by atomic mass is 10.2. The first-order valence-corrected chi connectivity index (χ1v) is 6.87. The van der Waals surface area contributed by atoms with E-state index in [9.17, 15) is 4.79 Å². The van der Waals surface area contributed by atoms with E-state index in [1.807, 2.05) is 11.8 Å². The molecule has 0 fully saturated rings. The molecule has 0 radical (unpaired) electrons. The largest absolute Gasteiger partial charge is 0.399 e. The number of nitrogen functional groups attached to an aromatic ring is 1. The highest BCUT2D eigenvalue weighted by Gasteiger charge is 2.13. The number of rotatable bonds is 6. The first kappa shape index (κ1) is 16.6. The molecule has 108 valence electrons. The van der Waals surface area contributed by atoms with Crippen LogP contribution in [0.4, 0.5) is 11.4 Å². The van der Waals surface area contributed by atoms with E-state index in [0.717, 1.165) is 0 Å². The third-order valence-corrected chi connectivity index (χ3v) is 3.28. The van der Waals surface area contributed by atoms with E-state index < -0.39 is 0 Å². The van der Waals surface area contributed by atoms with E-state index in [-0.39, 0.29) is 12.5 Å². The van der Waals surface area contributed by atoms with Crippen LogP contribution in [0.2, 0.25) is 10.0 Å². The Balaban J connectivity index is 2.69. The molecule has 1 aromatic carbocycles. The Bertz CT molecular complexity index is 505. The molecule has 0 aliphatic carbocycles. The second-order valence-electron chi connectivity index (χ2n) is 4.18. The van der Waals surface area contributed by atoms with Gasteiger partial charge in [-0.3, -0.25) is 9.69 Å². The molecule has 0 atom stereocenters. The minimum Gasteiger partial charge on any atom is -0.399 e. The second kappa shape index (κ2) is 7.95. The predicted molar refractivity (Wildman–Crippen MR) is 81.8 cm³/mol. The number of halogens is 2. The Morgan fingerprint density at radius 3 is 2.55 bits per heavy atom. The number of nitrogens with zero attached hydrogens (tertiary/aromatic N) is 2. The highest BCUT2D eigenvalue weighted by Crippen LogP contribution is 2.32. The van der Waals surface area contributed by atoms with Gasteiger partial charge in [-0.25, -0.2) is 0 Å². The summed E-state index contributed by atoms with van der Waals surface area (Å²) < 4.78 is 0. The van der Waals surface area contributed by atoms with E-state index in [1.165, 1.54) is 12.1 Å². The lowest BCUT2D eigenvalue weighted by molar-refractivity contribution is -0.117. The summed E-state index contributed by atoms with van der Waals surface area (Å²) >= 11 is 12.0. The molecule has 0 heterocycles. The highest BCUT2D eigenvalue weighted by atomic mass is 35.5. The monoisotopic (exact) mass is 314 g/mol. The third kappa shape index (κ3) is 4.89. The molecule has 1 aromatic rings. The van der Waals surface area contributed by atoms with Gasteiger partial charge in [0.15, 0.2) is 0 Å². The van der Waals surface area contributed by atoms with Crippen LogP contribution in [-0.2, 0) is 4.79 Å². The summed E-state index contributed by atoms with van der Waals surface area (Å²) in [5.41, 5.74) is 6.38. The molecule has 0 aromatic heterocycles. The van der Waals surface area contributed by atoms with Crippen molar-refractivity contribution >= 4 is 40.5 Å². The van der Waals surface area contributed by atoms with Gasteiger partial charge < -0.3 is 11.1 Å². The number of likely N-dealkylation sites (N-methyl/N-ethyl adjacent to an activating group) is 1. The van der Waals surface area contributed by atoms with Crippen LogP contribution < -0.4 is 11.1 Å². The van der Waals surface area contributed by atoms with Crippen LogP contribution in [0.15, 0.2) is 12.1 Å². The molecule has 3 N–H and O–H groups in total. The van der Waals surface area contributed by atoms with E-state index in [2.05, 4.69) is 11.4 Å². The molecule has 0 aliphatic heterocycles. The number of amides is 1. The standard InChI is InChI=1S/C13H16Cl2N4O/c1-2-19(5-3-4-16)8-12(20)18-13-10(14)6-9(17)7-11(13)15/h6-7H,2-3,5,8,17H2,1H3,(H,18,20). The third-order valence-electron chi connectivity index (χ3n) is 2.68. The number of anilines is 2. The van der Waals surface area contributed by atoms with Crippen molar-refractivity contribution < 1.29 is 4.79 Å². The maximum Gasteiger partial charge on any atom is 0.238 e. The predicted octanol–water partition coefficient (Wildman–Crippen LogP) is 2.75. The van der Waals surface area contributed by atoms with Crippen molar-refractivity contribution in [3.63, 3.8) is 0 Å². The van der Waals surface area contributed by atoms with Crippen LogP contribution in [0.3, 0.4) is 0 Å². The average molecular weight is 315 g/mol. The maximum atomic E-state index is 12.0. The summed E-state index contributed by atoms with van der Waals surface area (Å²) in [5.74, 6) is -0.238. The average Bonchev–Trinajstić information content (AvgIpc) is 2.38. The van der Waals surface area contributed by atoms with E-state index in [0.29, 0.717) is 40.9 Å². The lowest BCUT2D eigenvalue weighted by Gasteiger charge is -2.19. The number of benzene rings is 1. The smallest absolute Gasteiger partial charge is 0.238 e. The summed E-state index contributed by atoms with van der Waals surface area (Å²) in [5, 5.41) is 11.8. The van der Waals surface area contributed by atoms with E-state index in [4.69, 9.17) is 34.2 Å². The summed E-state index contributed by atoms with van der Waals surface area (Å²) in [6.45, 7) is 3.32. The van der Waals surface area contributed by atoms with Crippen molar-refractivity contribution in [1.82, 2.24) is 4.90 Å². The van der Waals surface area contributed by atoms with Gasteiger partial charge in [0.05, 0.1) is 28.3 Å². The zero-order valence-corrected chi connectivity index (χ0v) is 12.6. The van der Waals surface area contributed by atoms with E-state index in [1.54, 1.807) is 0 Å². The molecule has 5 nitrogen and oxygen atoms in total. The van der Waals surface area contributed by atoms with Gasteiger partial charge in [-0.05, 0) is 18.7 Å². The second-order valence-corrected chi connectivity index (χ2v) is 5.00. The number of hydrogen-bond acceptors (Lipinski definition) is 4. The molecular weight excluding hydrogens is 299 g/mol. The van der Waals surface area contributed by atoms with Gasteiger partial charge in [0.2, 0.25) is 5.91 Å². The number of nitrogens with two attached hydrogens (primary N) is 1. The van der Waals surface area contributed by atoms with E-state index >= 15 is 0 Å². The van der Waals surface area contributed by atoms with Gasteiger partial charge >= 0.3 is 0 Å². The van der Waals surface area contributed by atoms with Crippen LogP contribution in [0.5, 0.6) is 0 Å². The molecule has 7 heteroatoms. The van der Waals surface area contributed by atoms with Crippen LogP contribution in [-0.4, -0.2) is 30.4 Å². The van der Waals surface area contributed by atoms with Crippen molar-refractivity contribution in [2.75, 3.05) is 30.7 Å². The Kier molecular flexibility index (Phi) is 6.59. The van der Waals surface area contributed by atoms with Crippen molar-refractivity contribution in [1.29, 1.82) is 5.26 Å². The molecule has 0 saturated heterocycles. The Hall–Kier alpha value is -1.48. The first-order valence-electron chi connectivity index (χ1n) is 6.11. The maximum absolute atomic E-state index is 12.0. The quantitative estimate of drug-likeness (QED) is 0.791. The Labute approximate surface area is 128 Å². The summed E-state index contributed by atoms with van der Waals surface area (Å²) in [7, 11) is 0. The Morgan fingerprint density at radius 1 is 1.45 bits per heavy atom. The summed E-state index contributed by atoms with van der Waals surface area (Å²) in [4.78, 5) is 13.8. The normalized spacial score (nSPS) is 10.3. The lowest BCUT2D eigenvalue weighted by Crippen LogP contribution is -2.33. The van der Waals surface area contributed by atoms with Crippen LogP contribution in [0, 0.1) is 11.3 Å². The van der Waals surface area contributed by atoms with Crippen molar-refractivity contribution in [3.05, 3.63) is 22.2 Å². The number of hydrogen-bond donors (Lipinski definition) is 2. The molecule has 20 heavy (non-hydrogen) atoms. The van der Waals surface area contributed by atoms with Crippen LogP contribution in [0.25, 0.3) is 0 Å². The number of carbonyl (C=O) groups is 1. The molecule has 0 spiro atoms. The SMILES string of the molecule is CCN(CCC#N)CC(=O)Nc1c(Cl)cc(N)cc1Cl. The molecule has 1 amide bonds. The zero-order chi connectivity index (χ0) is 15.1. The van der Waals surface area contributed by atoms with Crippen molar-refractivity contribution in [2.45, 2.75) is 13.3 Å². The van der Waals surface area contributed by atoms with Crippen LogP contribution in [0.1, 0.15) is 13.3 Å². The minimum atomic E-state index is -0.238. The molecule has 0 unspecified atom stereocenters. The topological polar surface area (TPSA) is 82.2 Å². The number of nitrogens with one attached hydrogen (secondary N) is 1. The van der Waals surface area contributed by atoms with Gasteiger partial charge in [-0.15, -0.1) is 0 Å².